The zero-order chi connectivity index (χ0) is 15.3. The Morgan fingerprint density at radius 3 is 2.25 bits per heavy atom. The van der Waals surface area contributed by atoms with Crippen molar-refractivity contribution in [2.24, 2.45) is 5.73 Å². The van der Waals surface area contributed by atoms with Crippen LogP contribution in [0.2, 0.25) is 0 Å². The number of non-ortho nitro benzene ring substituents is 1. The zero-order valence-corrected chi connectivity index (χ0v) is 11.4. The van der Waals surface area contributed by atoms with Crippen LogP contribution < -0.4 is 10.5 Å². The molecule has 110 valence electrons. The number of nitro benzene ring substituents is 2. The normalized spacial score (nSPS) is 11.2. The monoisotopic (exact) mass is 283 g/mol. The molecule has 0 atom stereocenters. The number of nitrogens with two attached hydrogens (primary N) is 1. The zero-order valence-electron chi connectivity index (χ0n) is 11.4. The van der Waals surface area contributed by atoms with E-state index in [4.69, 9.17) is 10.5 Å². The molecule has 0 fully saturated rings. The highest BCUT2D eigenvalue weighted by Crippen LogP contribution is 2.31. The average molecular weight is 283 g/mol. The van der Waals surface area contributed by atoms with Crippen LogP contribution in [0.1, 0.15) is 26.7 Å². The van der Waals surface area contributed by atoms with Crippen LogP contribution >= 0.6 is 0 Å². The fourth-order valence-electron chi connectivity index (χ4n) is 1.56. The molecule has 0 aliphatic heterocycles. The van der Waals surface area contributed by atoms with Crippen LogP contribution in [0.3, 0.4) is 0 Å². The molecule has 0 saturated heterocycles. The van der Waals surface area contributed by atoms with Gasteiger partial charge in [-0.15, -0.1) is 0 Å². The Labute approximate surface area is 115 Å². The summed E-state index contributed by atoms with van der Waals surface area (Å²) in [4.78, 5) is 20.1. The molecular weight excluding hydrogens is 266 g/mol. The van der Waals surface area contributed by atoms with Crippen molar-refractivity contribution in [3.63, 3.8) is 0 Å². The summed E-state index contributed by atoms with van der Waals surface area (Å²) in [5.74, 6) is -0.0164. The minimum atomic E-state index is -0.710. The third-order valence-corrected chi connectivity index (χ3v) is 3.27. The van der Waals surface area contributed by atoms with Gasteiger partial charge in [-0.2, -0.15) is 0 Å². The Morgan fingerprint density at radius 1 is 1.20 bits per heavy atom. The van der Waals surface area contributed by atoms with E-state index in [-0.39, 0.29) is 18.0 Å². The summed E-state index contributed by atoms with van der Waals surface area (Å²) in [7, 11) is 0. The van der Waals surface area contributed by atoms with Gasteiger partial charge in [0.05, 0.1) is 15.9 Å². The van der Waals surface area contributed by atoms with E-state index < -0.39 is 21.1 Å². The van der Waals surface area contributed by atoms with Crippen molar-refractivity contribution >= 4 is 11.4 Å². The first-order valence-electron chi connectivity index (χ1n) is 6.17. The second-order valence-electron chi connectivity index (χ2n) is 4.52. The molecule has 0 radical (unpaired) electrons. The van der Waals surface area contributed by atoms with Gasteiger partial charge in [0, 0.05) is 11.6 Å². The molecule has 0 aromatic heterocycles. The number of rotatable bonds is 7. The van der Waals surface area contributed by atoms with Gasteiger partial charge in [-0.1, -0.05) is 13.8 Å². The summed E-state index contributed by atoms with van der Waals surface area (Å²) in [6.07, 6.45) is 1.31. The van der Waals surface area contributed by atoms with Gasteiger partial charge in [0.15, 0.2) is 5.75 Å². The van der Waals surface area contributed by atoms with Crippen LogP contribution in [-0.2, 0) is 0 Å². The van der Waals surface area contributed by atoms with Gasteiger partial charge in [0.2, 0.25) is 0 Å². The first kappa shape index (κ1) is 15.8. The molecule has 1 rings (SSSR count). The molecule has 2 N–H and O–H groups in total. The van der Waals surface area contributed by atoms with E-state index in [1.54, 1.807) is 0 Å². The molecule has 0 aliphatic carbocycles. The fourth-order valence-corrected chi connectivity index (χ4v) is 1.56. The van der Waals surface area contributed by atoms with Crippen molar-refractivity contribution in [2.75, 3.05) is 6.61 Å². The first-order chi connectivity index (χ1) is 9.33. The predicted octanol–water partition coefficient (Wildman–Crippen LogP) is 2.40. The second-order valence-corrected chi connectivity index (χ2v) is 4.52. The number of ether oxygens (including phenoxy) is 1. The van der Waals surface area contributed by atoms with Crippen LogP contribution in [0.25, 0.3) is 0 Å². The third-order valence-electron chi connectivity index (χ3n) is 3.27. The maximum atomic E-state index is 10.9. The summed E-state index contributed by atoms with van der Waals surface area (Å²) in [6.45, 7) is 3.91. The van der Waals surface area contributed by atoms with Crippen molar-refractivity contribution in [3.8, 4) is 5.75 Å². The average Bonchev–Trinajstić information content (AvgIpc) is 2.44. The number of nitrogens with zero attached hydrogens (tertiary/aromatic N) is 2. The minimum absolute atomic E-state index is 0.0164. The molecule has 0 unspecified atom stereocenters. The number of nitro groups is 2. The van der Waals surface area contributed by atoms with E-state index in [0.29, 0.717) is 12.8 Å². The topological polar surface area (TPSA) is 122 Å². The molecule has 0 saturated carbocycles. The van der Waals surface area contributed by atoms with E-state index in [0.717, 1.165) is 6.07 Å². The Hall–Kier alpha value is -2.22. The van der Waals surface area contributed by atoms with Crippen LogP contribution in [0, 0.1) is 20.2 Å². The van der Waals surface area contributed by atoms with Gasteiger partial charge < -0.3 is 10.5 Å². The van der Waals surface area contributed by atoms with Gasteiger partial charge >= 0.3 is 5.69 Å². The largest absolute Gasteiger partial charge is 0.485 e. The van der Waals surface area contributed by atoms with Gasteiger partial charge in [-0.25, -0.2) is 0 Å². The molecular formula is C12H17N3O5. The van der Waals surface area contributed by atoms with E-state index in [2.05, 4.69) is 0 Å². The molecule has 0 spiro atoms. The number of hydrogen-bond acceptors (Lipinski definition) is 6. The second kappa shape index (κ2) is 6.29. The summed E-state index contributed by atoms with van der Waals surface area (Å²) in [5.41, 5.74) is 4.68. The molecule has 0 heterocycles. The Balaban J connectivity index is 3.01. The van der Waals surface area contributed by atoms with Gasteiger partial charge in [0.1, 0.15) is 6.61 Å². The Morgan fingerprint density at radius 2 is 1.80 bits per heavy atom. The highest BCUT2D eigenvalue weighted by atomic mass is 16.6. The Bertz CT molecular complexity index is 514. The van der Waals surface area contributed by atoms with Crippen LogP contribution in [0.15, 0.2) is 18.2 Å². The lowest BCUT2D eigenvalue weighted by molar-refractivity contribution is -0.394. The highest BCUT2D eigenvalue weighted by Gasteiger charge is 2.25. The first-order valence-corrected chi connectivity index (χ1v) is 6.17. The van der Waals surface area contributed by atoms with Gasteiger partial charge in [-0.05, 0) is 18.9 Å². The van der Waals surface area contributed by atoms with Crippen molar-refractivity contribution in [2.45, 2.75) is 32.2 Å². The van der Waals surface area contributed by atoms with Crippen molar-refractivity contribution < 1.29 is 14.6 Å². The van der Waals surface area contributed by atoms with Crippen LogP contribution in [-0.4, -0.2) is 22.0 Å². The quantitative estimate of drug-likeness (QED) is 0.605. The lowest BCUT2D eigenvalue weighted by Gasteiger charge is -2.26. The molecule has 1 aromatic rings. The third kappa shape index (κ3) is 3.64. The minimum Gasteiger partial charge on any atom is -0.485 e. The maximum Gasteiger partial charge on any atom is 0.317 e. The molecule has 0 bridgehead atoms. The van der Waals surface area contributed by atoms with Crippen LogP contribution in [0.4, 0.5) is 11.4 Å². The molecule has 8 nitrogen and oxygen atoms in total. The van der Waals surface area contributed by atoms with Crippen molar-refractivity contribution in [1.29, 1.82) is 0 Å². The molecule has 20 heavy (non-hydrogen) atoms. The smallest absolute Gasteiger partial charge is 0.317 e. The van der Waals surface area contributed by atoms with Gasteiger partial charge in [0.25, 0.3) is 5.69 Å². The standard InChI is InChI=1S/C12H17N3O5/c1-3-12(13,4-2)8-20-11-6-5-9(14(16)17)7-10(11)15(18)19/h5-7H,3-4,8,13H2,1-2H3. The molecule has 1 aromatic carbocycles. The van der Waals surface area contributed by atoms with E-state index >= 15 is 0 Å². The summed E-state index contributed by atoms with van der Waals surface area (Å²) < 4.78 is 5.39. The fraction of sp³-hybridized carbons (Fsp3) is 0.500. The summed E-state index contributed by atoms with van der Waals surface area (Å²) >= 11 is 0. The molecule has 0 amide bonds. The lowest BCUT2D eigenvalue weighted by Crippen LogP contribution is -2.44. The SMILES string of the molecule is CCC(N)(CC)COc1ccc([N+](=O)[O-])cc1[N+](=O)[O-]. The van der Waals surface area contributed by atoms with E-state index in [1.165, 1.54) is 12.1 Å². The molecule has 8 heteroatoms. The maximum absolute atomic E-state index is 10.9. The van der Waals surface area contributed by atoms with E-state index in [9.17, 15) is 20.2 Å². The van der Waals surface area contributed by atoms with Crippen molar-refractivity contribution in [1.82, 2.24) is 0 Å². The predicted molar refractivity (Wildman–Crippen MR) is 72.7 cm³/mol. The molecule has 0 aliphatic rings. The van der Waals surface area contributed by atoms with Crippen LogP contribution in [0.5, 0.6) is 5.75 Å². The lowest BCUT2D eigenvalue weighted by atomic mass is 9.96. The highest BCUT2D eigenvalue weighted by molar-refractivity contribution is 5.53. The van der Waals surface area contributed by atoms with E-state index in [1.807, 2.05) is 13.8 Å². The number of hydrogen-bond donors (Lipinski definition) is 1. The van der Waals surface area contributed by atoms with Crippen molar-refractivity contribution in [3.05, 3.63) is 38.4 Å². The summed E-state index contributed by atoms with van der Waals surface area (Å²) in [6, 6.07) is 3.27. The van der Waals surface area contributed by atoms with Gasteiger partial charge in [-0.3, -0.25) is 20.2 Å². The summed E-state index contributed by atoms with van der Waals surface area (Å²) in [5, 5.41) is 21.6. The number of benzene rings is 1. The Kier molecular flexibility index (Phi) is 4.98.